The number of carbonyl (C=O) groups is 1. The number of carboxylic acid groups (broad SMARTS) is 1. The molecule has 0 saturated heterocycles. The Bertz CT molecular complexity index is 680. The predicted octanol–water partition coefficient (Wildman–Crippen LogP) is 2.51. The Morgan fingerprint density at radius 3 is 2.79 bits per heavy atom. The third-order valence-electron chi connectivity index (χ3n) is 2.42. The maximum absolute atomic E-state index is 11.1. The second kappa shape index (κ2) is 5.50. The average molecular weight is 271 g/mol. The number of aromatic carboxylic acids is 1. The van der Waals surface area contributed by atoms with Crippen molar-refractivity contribution in [2.75, 3.05) is 0 Å². The molecule has 0 aliphatic rings. The zero-order valence-corrected chi connectivity index (χ0v) is 10.8. The van der Waals surface area contributed by atoms with E-state index in [0.29, 0.717) is 15.5 Å². The number of hydrogen-bond acceptors (Lipinski definition) is 5. The molecule has 19 heavy (non-hydrogen) atoms. The first kappa shape index (κ1) is 13.1. The van der Waals surface area contributed by atoms with Gasteiger partial charge >= 0.3 is 5.97 Å². The number of carboxylic acids is 1. The van der Waals surface area contributed by atoms with Gasteiger partial charge in [-0.3, -0.25) is 0 Å². The second-order valence-electron chi connectivity index (χ2n) is 3.71. The zero-order chi connectivity index (χ0) is 13.8. The molecule has 1 heterocycles. The predicted molar refractivity (Wildman–Crippen MR) is 69.0 cm³/mol. The van der Waals surface area contributed by atoms with Gasteiger partial charge in [-0.2, -0.15) is 5.26 Å². The van der Waals surface area contributed by atoms with Crippen molar-refractivity contribution in [1.82, 2.24) is 9.97 Å². The lowest BCUT2D eigenvalue weighted by molar-refractivity contribution is 0.0696. The highest BCUT2D eigenvalue weighted by Gasteiger charge is 2.11. The summed E-state index contributed by atoms with van der Waals surface area (Å²) in [5.41, 5.74) is 1.16. The molecule has 2 rings (SSSR count). The fourth-order valence-corrected chi connectivity index (χ4v) is 2.33. The Labute approximate surface area is 113 Å². The van der Waals surface area contributed by atoms with E-state index in [9.17, 15) is 4.79 Å². The molecule has 0 bridgehead atoms. The van der Waals surface area contributed by atoms with E-state index < -0.39 is 5.97 Å². The Morgan fingerprint density at radius 1 is 1.37 bits per heavy atom. The summed E-state index contributed by atoms with van der Waals surface area (Å²) in [6.07, 6.45) is 2.94. The van der Waals surface area contributed by atoms with Crippen LogP contribution in [0.25, 0.3) is 0 Å². The zero-order valence-electron chi connectivity index (χ0n) is 9.99. The molecule has 0 aliphatic carbocycles. The number of nitriles is 1. The van der Waals surface area contributed by atoms with E-state index in [2.05, 4.69) is 9.97 Å². The maximum Gasteiger partial charge on any atom is 0.335 e. The standard InChI is InChI=1S/C13H9N3O2S/c1-8-2-3-9(6-10(8)13(17)18)19-12-11(7-14)15-4-5-16-12/h2-6H,1H3,(H,17,18). The van der Waals surface area contributed by atoms with Crippen LogP contribution in [-0.4, -0.2) is 21.0 Å². The maximum atomic E-state index is 11.1. The highest BCUT2D eigenvalue weighted by atomic mass is 32.2. The third-order valence-corrected chi connectivity index (χ3v) is 3.41. The smallest absolute Gasteiger partial charge is 0.335 e. The van der Waals surface area contributed by atoms with Crippen molar-refractivity contribution in [3.63, 3.8) is 0 Å². The minimum atomic E-state index is -0.973. The van der Waals surface area contributed by atoms with Crippen LogP contribution >= 0.6 is 11.8 Å². The Hall–Kier alpha value is -2.39. The Balaban J connectivity index is 2.37. The third kappa shape index (κ3) is 2.89. The number of nitrogens with zero attached hydrogens (tertiary/aromatic N) is 3. The molecule has 1 aromatic carbocycles. The van der Waals surface area contributed by atoms with Gasteiger partial charge < -0.3 is 5.11 Å². The molecule has 6 heteroatoms. The summed E-state index contributed by atoms with van der Waals surface area (Å²) in [4.78, 5) is 19.7. The highest BCUT2D eigenvalue weighted by Crippen LogP contribution is 2.29. The van der Waals surface area contributed by atoms with Gasteiger partial charge in [-0.15, -0.1) is 0 Å². The number of benzene rings is 1. The first-order valence-electron chi connectivity index (χ1n) is 5.34. The van der Waals surface area contributed by atoms with Gasteiger partial charge in [-0.25, -0.2) is 14.8 Å². The summed E-state index contributed by atoms with van der Waals surface area (Å²) in [6.45, 7) is 1.74. The molecular formula is C13H9N3O2S. The molecule has 1 N–H and O–H groups in total. The van der Waals surface area contributed by atoms with Crippen molar-refractivity contribution in [2.45, 2.75) is 16.8 Å². The van der Waals surface area contributed by atoms with E-state index in [4.69, 9.17) is 10.4 Å². The lowest BCUT2D eigenvalue weighted by Gasteiger charge is -2.05. The van der Waals surface area contributed by atoms with Crippen molar-refractivity contribution in [3.8, 4) is 6.07 Å². The number of rotatable bonds is 3. The molecule has 5 nitrogen and oxygen atoms in total. The number of aryl methyl sites for hydroxylation is 1. The molecule has 0 amide bonds. The summed E-state index contributed by atoms with van der Waals surface area (Å²) >= 11 is 1.22. The van der Waals surface area contributed by atoms with Crippen molar-refractivity contribution in [2.24, 2.45) is 0 Å². The second-order valence-corrected chi connectivity index (χ2v) is 4.77. The van der Waals surface area contributed by atoms with Gasteiger partial charge in [-0.05, 0) is 24.6 Å². The molecule has 0 fully saturated rings. The van der Waals surface area contributed by atoms with Gasteiger partial charge in [0, 0.05) is 17.3 Å². The van der Waals surface area contributed by atoms with Gasteiger partial charge in [0.15, 0.2) is 5.69 Å². The molecule has 94 valence electrons. The summed E-state index contributed by atoms with van der Waals surface area (Å²) in [6, 6.07) is 7.05. The molecule has 1 aromatic heterocycles. The van der Waals surface area contributed by atoms with E-state index in [1.54, 1.807) is 25.1 Å². The summed E-state index contributed by atoms with van der Waals surface area (Å²) in [5, 5.41) is 18.5. The molecule has 0 atom stereocenters. The quantitative estimate of drug-likeness (QED) is 0.922. The molecule has 2 aromatic rings. The van der Waals surface area contributed by atoms with Crippen molar-refractivity contribution in [3.05, 3.63) is 47.4 Å². The Kier molecular flexibility index (Phi) is 3.78. The first-order valence-corrected chi connectivity index (χ1v) is 6.16. The summed E-state index contributed by atoms with van der Waals surface area (Å²) in [5.74, 6) is -0.973. The Morgan fingerprint density at radius 2 is 2.11 bits per heavy atom. The fourth-order valence-electron chi connectivity index (χ4n) is 1.48. The summed E-state index contributed by atoms with van der Waals surface area (Å²) in [7, 11) is 0. The van der Waals surface area contributed by atoms with Crippen molar-refractivity contribution in [1.29, 1.82) is 5.26 Å². The minimum Gasteiger partial charge on any atom is -0.478 e. The van der Waals surface area contributed by atoms with Crippen LogP contribution in [0.15, 0.2) is 40.5 Å². The van der Waals surface area contributed by atoms with E-state index in [0.717, 1.165) is 0 Å². The van der Waals surface area contributed by atoms with Crippen LogP contribution in [0.1, 0.15) is 21.6 Å². The SMILES string of the molecule is Cc1ccc(Sc2nccnc2C#N)cc1C(=O)O. The average Bonchev–Trinajstić information content (AvgIpc) is 2.41. The lowest BCUT2D eigenvalue weighted by Crippen LogP contribution is -1.99. The normalized spacial score (nSPS) is 9.89. The lowest BCUT2D eigenvalue weighted by atomic mass is 10.1. The number of aromatic nitrogens is 2. The van der Waals surface area contributed by atoms with Crippen LogP contribution in [0.2, 0.25) is 0 Å². The van der Waals surface area contributed by atoms with Gasteiger partial charge in [0.05, 0.1) is 5.56 Å². The van der Waals surface area contributed by atoms with Crippen LogP contribution < -0.4 is 0 Å². The van der Waals surface area contributed by atoms with Crippen LogP contribution in [0.5, 0.6) is 0 Å². The molecule has 0 radical (unpaired) electrons. The molecule has 0 unspecified atom stereocenters. The monoisotopic (exact) mass is 271 g/mol. The van der Waals surface area contributed by atoms with Gasteiger partial charge in [0.1, 0.15) is 11.1 Å². The van der Waals surface area contributed by atoms with Crippen LogP contribution in [0.3, 0.4) is 0 Å². The minimum absolute atomic E-state index is 0.227. The van der Waals surface area contributed by atoms with Gasteiger partial charge in [0.2, 0.25) is 0 Å². The van der Waals surface area contributed by atoms with E-state index in [-0.39, 0.29) is 11.3 Å². The highest BCUT2D eigenvalue weighted by molar-refractivity contribution is 7.99. The molecule has 0 spiro atoms. The van der Waals surface area contributed by atoms with Gasteiger partial charge in [-0.1, -0.05) is 17.8 Å². The summed E-state index contributed by atoms with van der Waals surface area (Å²) < 4.78 is 0. The topological polar surface area (TPSA) is 86.9 Å². The van der Waals surface area contributed by atoms with E-state index >= 15 is 0 Å². The molecule has 0 saturated carbocycles. The van der Waals surface area contributed by atoms with Crippen molar-refractivity contribution >= 4 is 17.7 Å². The van der Waals surface area contributed by atoms with Gasteiger partial charge in [0.25, 0.3) is 0 Å². The largest absolute Gasteiger partial charge is 0.478 e. The van der Waals surface area contributed by atoms with E-state index in [1.165, 1.54) is 24.2 Å². The van der Waals surface area contributed by atoms with Crippen LogP contribution in [-0.2, 0) is 0 Å². The molecule has 0 aliphatic heterocycles. The fraction of sp³-hybridized carbons (Fsp3) is 0.0769. The van der Waals surface area contributed by atoms with Crippen LogP contribution in [0, 0.1) is 18.3 Å². The van der Waals surface area contributed by atoms with Crippen molar-refractivity contribution < 1.29 is 9.90 Å². The molecular weight excluding hydrogens is 262 g/mol. The van der Waals surface area contributed by atoms with Crippen LogP contribution in [0.4, 0.5) is 0 Å². The van der Waals surface area contributed by atoms with E-state index in [1.807, 2.05) is 6.07 Å². The first-order chi connectivity index (χ1) is 9.11. The number of hydrogen-bond donors (Lipinski definition) is 1.